The summed E-state index contributed by atoms with van der Waals surface area (Å²) in [5.41, 5.74) is 0.668. The molecule has 1 unspecified atom stereocenters. The maximum Gasteiger partial charge on any atom is 0.271 e. The molecule has 7 nitrogen and oxygen atoms in total. The number of thiazole rings is 1. The number of amides is 1. The van der Waals surface area contributed by atoms with Gasteiger partial charge in [0.1, 0.15) is 11.3 Å². The van der Waals surface area contributed by atoms with Crippen molar-refractivity contribution in [3.63, 3.8) is 0 Å². The van der Waals surface area contributed by atoms with Crippen LogP contribution in [0.25, 0.3) is 4.96 Å². The second-order valence-electron chi connectivity index (χ2n) is 5.99. The molecule has 0 aliphatic carbocycles. The lowest BCUT2D eigenvalue weighted by molar-refractivity contribution is 0.0629. The number of fused-ring (bicyclic) bond motifs is 1. The first-order chi connectivity index (χ1) is 12.7. The SMILES string of the molecule is COc1ccccc1C1CNCCN1C(=O)c1cnc2sccn2c1=O. The summed E-state index contributed by atoms with van der Waals surface area (Å²) in [5.74, 6) is 0.419. The number of hydrogen-bond donors (Lipinski definition) is 1. The van der Waals surface area contributed by atoms with Gasteiger partial charge in [-0.2, -0.15) is 0 Å². The molecule has 0 radical (unpaired) electrons. The highest BCUT2D eigenvalue weighted by atomic mass is 32.1. The highest BCUT2D eigenvalue weighted by molar-refractivity contribution is 7.15. The minimum Gasteiger partial charge on any atom is -0.496 e. The number of nitrogens with zero attached hydrogens (tertiary/aromatic N) is 3. The van der Waals surface area contributed by atoms with E-state index in [-0.39, 0.29) is 23.1 Å². The Labute approximate surface area is 153 Å². The van der Waals surface area contributed by atoms with Gasteiger partial charge < -0.3 is 15.0 Å². The molecule has 0 bridgehead atoms. The lowest BCUT2D eigenvalue weighted by atomic mass is 10.0. The van der Waals surface area contributed by atoms with E-state index >= 15 is 0 Å². The fourth-order valence-corrected chi connectivity index (χ4v) is 3.97. The molecule has 1 aromatic carbocycles. The first-order valence-corrected chi connectivity index (χ1v) is 9.18. The molecule has 1 saturated heterocycles. The first kappa shape index (κ1) is 16.7. The molecule has 4 rings (SSSR count). The van der Waals surface area contributed by atoms with Gasteiger partial charge in [0.25, 0.3) is 11.5 Å². The van der Waals surface area contributed by atoms with Crippen LogP contribution in [0, 0.1) is 0 Å². The molecule has 1 aliphatic rings. The predicted molar refractivity (Wildman–Crippen MR) is 99.0 cm³/mol. The monoisotopic (exact) mass is 370 g/mol. The van der Waals surface area contributed by atoms with Crippen LogP contribution < -0.4 is 15.6 Å². The molecule has 0 saturated carbocycles. The molecule has 3 heterocycles. The molecule has 134 valence electrons. The van der Waals surface area contributed by atoms with Gasteiger partial charge in [-0.3, -0.25) is 14.0 Å². The number of methoxy groups -OCH3 is 1. The van der Waals surface area contributed by atoms with E-state index < -0.39 is 0 Å². The average molecular weight is 370 g/mol. The van der Waals surface area contributed by atoms with E-state index in [2.05, 4.69) is 10.3 Å². The van der Waals surface area contributed by atoms with Gasteiger partial charge in [0.15, 0.2) is 4.96 Å². The van der Waals surface area contributed by atoms with Crippen LogP contribution in [0.1, 0.15) is 22.0 Å². The van der Waals surface area contributed by atoms with Crippen molar-refractivity contribution < 1.29 is 9.53 Å². The number of piperazine rings is 1. The van der Waals surface area contributed by atoms with Gasteiger partial charge in [-0.1, -0.05) is 18.2 Å². The van der Waals surface area contributed by atoms with Crippen molar-refractivity contribution in [3.05, 3.63) is 63.5 Å². The largest absolute Gasteiger partial charge is 0.496 e. The van der Waals surface area contributed by atoms with Crippen LogP contribution in [0.2, 0.25) is 0 Å². The topological polar surface area (TPSA) is 75.9 Å². The van der Waals surface area contributed by atoms with Gasteiger partial charge in [-0.05, 0) is 6.07 Å². The Morgan fingerprint density at radius 1 is 1.38 bits per heavy atom. The molecule has 8 heteroatoms. The number of aromatic nitrogens is 2. The third-order valence-electron chi connectivity index (χ3n) is 4.58. The summed E-state index contributed by atoms with van der Waals surface area (Å²) in [7, 11) is 1.61. The van der Waals surface area contributed by atoms with Crippen LogP contribution in [0.15, 0.2) is 46.8 Å². The molecule has 1 amide bonds. The summed E-state index contributed by atoms with van der Waals surface area (Å²) in [4.78, 5) is 32.4. The van der Waals surface area contributed by atoms with Gasteiger partial charge in [-0.25, -0.2) is 4.98 Å². The Morgan fingerprint density at radius 2 is 2.23 bits per heavy atom. The van der Waals surface area contributed by atoms with Crippen LogP contribution >= 0.6 is 11.3 Å². The Kier molecular flexibility index (Phi) is 4.44. The average Bonchev–Trinajstić information content (AvgIpc) is 3.17. The van der Waals surface area contributed by atoms with Gasteiger partial charge in [0.05, 0.1) is 13.2 Å². The highest BCUT2D eigenvalue weighted by Gasteiger charge is 2.32. The summed E-state index contributed by atoms with van der Waals surface area (Å²) in [6, 6.07) is 7.42. The zero-order valence-corrected chi connectivity index (χ0v) is 15.0. The number of benzene rings is 1. The van der Waals surface area contributed by atoms with Gasteiger partial charge in [-0.15, -0.1) is 11.3 Å². The number of hydrogen-bond acceptors (Lipinski definition) is 6. The molecule has 1 fully saturated rings. The van der Waals surface area contributed by atoms with E-state index in [0.717, 1.165) is 11.3 Å². The summed E-state index contributed by atoms with van der Waals surface area (Å²) < 4.78 is 6.88. The second kappa shape index (κ2) is 6.89. The Morgan fingerprint density at radius 3 is 3.08 bits per heavy atom. The van der Waals surface area contributed by atoms with Crippen molar-refractivity contribution >= 4 is 22.2 Å². The maximum atomic E-state index is 13.2. The molecular formula is C18H18N4O3S. The van der Waals surface area contributed by atoms with Crippen molar-refractivity contribution in [2.75, 3.05) is 26.7 Å². The molecule has 1 N–H and O–H groups in total. The minimum atomic E-state index is -0.335. The van der Waals surface area contributed by atoms with Gasteiger partial charge in [0, 0.05) is 43.0 Å². The summed E-state index contributed by atoms with van der Waals surface area (Å²) in [6.07, 6.45) is 3.03. The van der Waals surface area contributed by atoms with Crippen LogP contribution in [-0.2, 0) is 0 Å². The number of rotatable bonds is 3. The van der Waals surface area contributed by atoms with Crippen LogP contribution in [0.3, 0.4) is 0 Å². The van der Waals surface area contributed by atoms with Gasteiger partial charge >= 0.3 is 0 Å². The van der Waals surface area contributed by atoms with E-state index in [0.29, 0.717) is 24.6 Å². The number of ether oxygens (including phenoxy) is 1. The molecule has 3 aromatic rings. The number of carbonyl (C=O) groups excluding carboxylic acids is 1. The van der Waals surface area contributed by atoms with Crippen molar-refractivity contribution in [2.45, 2.75) is 6.04 Å². The normalized spacial score (nSPS) is 17.4. The first-order valence-electron chi connectivity index (χ1n) is 8.30. The van der Waals surface area contributed by atoms with Crippen LogP contribution in [-0.4, -0.2) is 46.9 Å². The van der Waals surface area contributed by atoms with E-state index in [9.17, 15) is 9.59 Å². The Hall–Kier alpha value is -2.71. The zero-order chi connectivity index (χ0) is 18.1. The van der Waals surface area contributed by atoms with Crippen molar-refractivity contribution in [1.82, 2.24) is 19.6 Å². The van der Waals surface area contributed by atoms with Crippen molar-refractivity contribution in [2.24, 2.45) is 0 Å². The third kappa shape index (κ3) is 2.77. The maximum absolute atomic E-state index is 13.2. The van der Waals surface area contributed by atoms with Crippen LogP contribution in [0.5, 0.6) is 5.75 Å². The third-order valence-corrected chi connectivity index (χ3v) is 5.35. The molecular weight excluding hydrogens is 352 g/mol. The Bertz CT molecular complexity index is 1010. The van der Waals surface area contributed by atoms with Crippen LogP contribution in [0.4, 0.5) is 0 Å². The Balaban J connectivity index is 1.74. The lowest BCUT2D eigenvalue weighted by Crippen LogP contribution is -2.49. The van der Waals surface area contributed by atoms with Crippen molar-refractivity contribution in [3.8, 4) is 5.75 Å². The van der Waals surface area contributed by atoms with Gasteiger partial charge in [0.2, 0.25) is 0 Å². The molecule has 1 atom stereocenters. The smallest absolute Gasteiger partial charge is 0.271 e. The van der Waals surface area contributed by atoms with E-state index in [1.165, 1.54) is 21.9 Å². The fraction of sp³-hybridized carbons (Fsp3) is 0.278. The molecule has 26 heavy (non-hydrogen) atoms. The van der Waals surface area contributed by atoms with E-state index in [1.54, 1.807) is 23.6 Å². The predicted octanol–water partition coefficient (Wildman–Crippen LogP) is 1.55. The molecule has 1 aliphatic heterocycles. The standard InChI is InChI=1S/C18H18N4O3S/c1-25-15-5-3-2-4-12(15)14-11-19-6-7-21(14)16(23)13-10-20-18-22(17(13)24)8-9-26-18/h2-5,8-10,14,19H,6-7,11H2,1H3. The van der Waals surface area contributed by atoms with E-state index in [1.807, 2.05) is 24.3 Å². The summed E-state index contributed by atoms with van der Waals surface area (Å²) in [5, 5.41) is 5.09. The minimum absolute atomic E-state index is 0.0858. The fourth-order valence-electron chi connectivity index (χ4n) is 3.29. The summed E-state index contributed by atoms with van der Waals surface area (Å²) in [6.45, 7) is 1.78. The van der Waals surface area contributed by atoms with E-state index in [4.69, 9.17) is 4.74 Å². The molecule has 2 aromatic heterocycles. The number of nitrogens with one attached hydrogen (secondary N) is 1. The summed E-state index contributed by atoms with van der Waals surface area (Å²) >= 11 is 1.36. The van der Waals surface area contributed by atoms with Crippen molar-refractivity contribution in [1.29, 1.82) is 0 Å². The lowest BCUT2D eigenvalue weighted by Gasteiger charge is -2.37. The zero-order valence-electron chi connectivity index (χ0n) is 14.2. The second-order valence-corrected chi connectivity index (χ2v) is 6.87. The number of carbonyl (C=O) groups is 1. The highest BCUT2D eigenvalue weighted by Crippen LogP contribution is 2.30. The quantitative estimate of drug-likeness (QED) is 0.757. The number of para-hydroxylation sites is 1. The molecule has 0 spiro atoms.